The van der Waals surface area contributed by atoms with Crippen LogP contribution < -0.4 is 0 Å². The predicted octanol–water partition coefficient (Wildman–Crippen LogP) is 21.0. The molecule has 0 aliphatic rings. The molecular weight excluding hydrogens is 913 g/mol. The van der Waals surface area contributed by atoms with Crippen LogP contribution in [0.3, 0.4) is 0 Å². The molecule has 0 aromatic heterocycles. The molecule has 0 heterocycles. The molecule has 6 nitrogen and oxygen atoms in total. The molecule has 0 amide bonds. The third-order valence-electron chi connectivity index (χ3n) is 13.0. The first-order valence-corrected chi connectivity index (χ1v) is 30.9. The SMILES string of the molecule is CC/C=C\C/C=C\C/C=C\C/C=C\C/C=C\CCCCCCCCCCCC(=O)OCC(COC(=O)CCCCCCC/C=C\CCCCCCC)OC(=O)CCCCCCCCC/C=C\C/C=C\C/C=C\CC. The number of rotatable bonds is 55. The van der Waals surface area contributed by atoms with E-state index in [1.807, 2.05) is 0 Å². The number of carbonyl (C=O) groups is 3. The van der Waals surface area contributed by atoms with E-state index < -0.39 is 6.10 Å². The Morgan fingerprint density at radius 3 is 0.838 bits per heavy atom. The van der Waals surface area contributed by atoms with E-state index in [2.05, 4.69) is 130 Å². The zero-order valence-corrected chi connectivity index (χ0v) is 48.3. The maximum Gasteiger partial charge on any atom is 0.306 e. The minimum absolute atomic E-state index is 0.0885. The predicted molar refractivity (Wildman–Crippen MR) is 320 cm³/mol. The Balaban J connectivity index is 4.37. The lowest BCUT2D eigenvalue weighted by Crippen LogP contribution is -2.30. The molecule has 0 saturated heterocycles. The van der Waals surface area contributed by atoms with Gasteiger partial charge in [0.15, 0.2) is 6.10 Å². The lowest BCUT2D eigenvalue weighted by molar-refractivity contribution is -0.167. The smallest absolute Gasteiger partial charge is 0.306 e. The quantitative estimate of drug-likeness (QED) is 0.0261. The van der Waals surface area contributed by atoms with Crippen molar-refractivity contribution in [2.45, 2.75) is 290 Å². The third kappa shape index (κ3) is 59.0. The summed E-state index contributed by atoms with van der Waals surface area (Å²) in [7, 11) is 0. The fraction of sp³-hybridized carbons (Fsp3) is 0.691. The van der Waals surface area contributed by atoms with Gasteiger partial charge in [0.25, 0.3) is 0 Å². The topological polar surface area (TPSA) is 78.9 Å². The van der Waals surface area contributed by atoms with Crippen LogP contribution in [0.4, 0.5) is 0 Å². The number of ether oxygens (including phenoxy) is 3. The first-order chi connectivity index (χ1) is 36.5. The van der Waals surface area contributed by atoms with Crippen LogP contribution in [0.15, 0.2) is 109 Å². The van der Waals surface area contributed by atoms with Crippen molar-refractivity contribution in [1.82, 2.24) is 0 Å². The van der Waals surface area contributed by atoms with Gasteiger partial charge in [-0.1, -0.05) is 252 Å². The first kappa shape index (κ1) is 70.1. The van der Waals surface area contributed by atoms with Crippen LogP contribution in [0.2, 0.25) is 0 Å². The molecule has 6 heteroatoms. The largest absolute Gasteiger partial charge is 0.462 e. The van der Waals surface area contributed by atoms with Crippen molar-refractivity contribution >= 4 is 17.9 Å². The molecule has 422 valence electrons. The maximum absolute atomic E-state index is 12.9. The van der Waals surface area contributed by atoms with Crippen LogP contribution in [-0.2, 0) is 28.6 Å². The monoisotopic (exact) mass is 1030 g/mol. The van der Waals surface area contributed by atoms with Crippen LogP contribution in [0, 0.1) is 0 Å². The minimum Gasteiger partial charge on any atom is -0.462 e. The standard InChI is InChI=1S/C68H114O6/c1-4-7-10-13-16-19-22-25-28-30-31-32-33-34-35-36-37-39-40-43-46-49-52-55-58-61-67(70)73-64-65(63-72-66(69)60-57-54-51-48-45-42-27-24-21-18-15-12-9-6-3)74-68(71)62-59-56-53-50-47-44-41-38-29-26-23-20-17-14-11-8-5-2/h7-8,10-11,16-17,19-20,24-29,31-32,34-35,65H,4-6,9,12-15,18,21-23,30,33,36-64H2,1-3H3/b10-7-,11-8-,19-16-,20-17-,27-24-,28-25-,29-26-,32-31-,35-34-. The van der Waals surface area contributed by atoms with Crippen LogP contribution in [-0.4, -0.2) is 37.2 Å². The molecule has 0 N–H and O–H groups in total. The summed E-state index contributed by atoms with van der Waals surface area (Å²) in [5, 5.41) is 0. The van der Waals surface area contributed by atoms with Gasteiger partial charge in [-0.25, -0.2) is 0 Å². The van der Waals surface area contributed by atoms with Gasteiger partial charge >= 0.3 is 17.9 Å². The maximum atomic E-state index is 12.9. The highest BCUT2D eigenvalue weighted by molar-refractivity contribution is 5.71. The second-order valence-corrected chi connectivity index (χ2v) is 20.2. The molecule has 1 unspecified atom stereocenters. The number of carbonyl (C=O) groups excluding carboxylic acids is 3. The van der Waals surface area contributed by atoms with Gasteiger partial charge in [0, 0.05) is 19.3 Å². The summed E-state index contributed by atoms with van der Waals surface area (Å²) >= 11 is 0. The summed E-state index contributed by atoms with van der Waals surface area (Å²) in [5.74, 6) is -0.907. The van der Waals surface area contributed by atoms with Gasteiger partial charge in [-0.3, -0.25) is 14.4 Å². The molecule has 0 rings (SSSR count). The molecule has 0 aliphatic carbocycles. The summed E-state index contributed by atoms with van der Waals surface area (Å²) in [6, 6.07) is 0. The molecule has 1 atom stereocenters. The van der Waals surface area contributed by atoms with E-state index in [9.17, 15) is 14.4 Å². The normalized spacial score (nSPS) is 12.9. The summed E-state index contributed by atoms with van der Waals surface area (Å²) in [6.45, 7) is 6.40. The average molecular weight is 1030 g/mol. The number of allylic oxidation sites excluding steroid dienone is 18. The number of hydrogen-bond acceptors (Lipinski definition) is 6. The number of unbranched alkanes of at least 4 members (excludes halogenated alkanes) is 26. The molecule has 0 aliphatic heterocycles. The Morgan fingerprint density at radius 1 is 0.284 bits per heavy atom. The zero-order chi connectivity index (χ0) is 53.6. The summed E-state index contributed by atoms with van der Waals surface area (Å²) in [6.07, 6.45) is 83.7. The highest BCUT2D eigenvalue weighted by atomic mass is 16.6. The van der Waals surface area contributed by atoms with Crippen molar-refractivity contribution in [2.75, 3.05) is 13.2 Å². The van der Waals surface area contributed by atoms with E-state index in [1.165, 1.54) is 116 Å². The van der Waals surface area contributed by atoms with Crippen molar-refractivity contribution in [3.05, 3.63) is 109 Å². The lowest BCUT2D eigenvalue weighted by Gasteiger charge is -2.18. The lowest BCUT2D eigenvalue weighted by atomic mass is 10.1. The molecule has 0 saturated carbocycles. The minimum atomic E-state index is -0.792. The highest BCUT2D eigenvalue weighted by Gasteiger charge is 2.19. The van der Waals surface area contributed by atoms with Crippen LogP contribution >= 0.6 is 0 Å². The molecule has 0 fully saturated rings. The molecular formula is C68H114O6. The third-order valence-corrected chi connectivity index (χ3v) is 13.0. The number of esters is 3. The Labute approximate surface area is 457 Å². The van der Waals surface area contributed by atoms with Crippen molar-refractivity contribution in [2.24, 2.45) is 0 Å². The van der Waals surface area contributed by atoms with E-state index in [1.54, 1.807) is 0 Å². The van der Waals surface area contributed by atoms with E-state index in [4.69, 9.17) is 14.2 Å². The highest BCUT2D eigenvalue weighted by Crippen LogP contribution is 2.15. The van der Waals surface area contributed by atoms with Crippen molar-refractivity contribution in [3.8, 4) is 0 Å². The summed E-state index contributed by atoms with van der Waals surface area (Å²) in [4.78, 5) is 38.3. The van der Waals surface area contributed by atoms with E-state index in [0.717, 1.165) is 128 Å². The van der Waals surface area contributed by atoms with Crippen molar-refractivity contribution in [3.63, 3.8) is 0 Å². The Kier molecular flexibility index (Phi) is 58.3. The zero-order valence-electron chi connectivity index (χ0n) is 48.3. The van der Waals surface area contributed by atoms with Gasteiger partial charge in [-0.15, -0.1) is 0 Å². The van der Waals surface area contributed by atoms with Crippen molar-refractivity contribution < 1.29 is 28.6 Å². The van der Waals surface area contributed by atoms with Crippen LogP contribution in [0.25, 0.3) is 0 Å². The number of hydrogen-bond donors (Lipinski definition) is 0. The van der Waals surface area contributed by atoms with Gasteiger partial charge in [0.1, 0.15) is 13.2 Å². The second-order valence-electron chi connectivity index (χ2n) is 20.2. The van der Waals surface area contributed by atoms with Gasteiger partial charge in [0.05, 0.1) is 0 Å². The van der Waals surface area contributed by atoms with Crippen molar-refractivity contribution in [1.29, 1.82) is 0 Å². The molecule has 0 bridgehead atoms. The molecule has 0 aromatic carbocycles. The van der Waals surface area contributed by atoms with E-state index in [0.29, 0.717) is 19.3 Å². The first-order valence-electron chi connectivity index (χ1n) is 30.9. The average Bonchev–Trinajstić information content (AvgIpc) is 3.40. The van der Waals surface area contributed by atoms with Gasteiger partial charge in [-0.05, 0) is 122 Å². The van der Waals surface area contributed by atoms with Crippen LogP contribution in [0.5, 0.6) is 0 Å². The summed E-state index contributed by atoms with van der Waals surface area (Å²) in [5.41, 5.74) is 0. The van der Waals surface area contributed by atoms with E-state index in [-0.39, 0.29) is 31.1 Å². The van der Waals surface area contributed by atoms with Gasteiger partial charge < -0.3 is 14.2 Å². The van der Waals surface area contributed by atoms with Crippen LogP contribution in [0.1, 0.15) is 284 Å². The fourth-order valence-corrected chi connectivity index (χ4v) is 8.42. The summed E-state index contributed by atoms with van der Waals surface area (Å²) < 4.78 is 16.9. The van der Waals surface area contributed by atoms with Gasteiger partial charge in [0.2, 0.25) is 0 Å². The molecule has 0 aromatic rings. The molecule has 0 radical (unpaired) electrons. The molecule has 74 heavy (non-hydrogen) atoms. The fourth-order valence-electron chi connectivity index (χ4n) is 8.42. The second kappa shape index (κ2) is 61.6. The Morgan fingerprint density at radius 2 is 0.527 bits per heavy atom. The molecule has 0 spiro atoms. The van der Waals surface area contributed by atoms with Gasteiger partial charge in [-0.2, -0.15) is 0 Å². The van der Waals surface area contributed by atoms with E-state index >= 15 is 0 Å². The Bertz CT molecular complexity index is 1510. The Hall–Kier alpha value is -3.93.